The van der Waals surface area contributed by atoms with Gasteiger partial charge in [0.1, 0.15) is 5.82 Å². The molecule has 1 unspecified atom stereocenters. The van der Waals surface area contributed by atoms with Crippen molar-refractivity contribution in [3.63, 3.8) is 0 Å². The van der Waals surface area contributed by atoms with Crippen LogP contribution in [-0.4, -0.2) is 0 Å². The van der Waals surface area contributed by atoms with Crippen LogP contribution in [0.2, 0.25) is 5.02 Å². The highest BCUT2D eigenvalue weighted by atomic mass is 35.5. The molecule has 1 fully saturated rings. The van der Waals surface area contributed by atoms with E-state index in [4.69, 9.17) is 11.6 Å². The summed E-state index contributed by atoms with van der Waals surface area (Å²) < 4.78 is 15.6. The van der Waals surface area contributed by atoms with E-state index in [-0.39, 0.29) is 11.7 Å². The van der Waals surface area contributed by atoms with Gasteiger partial charge in [-0.15, -0.1) is 0 Å². The van der Waals surface area contributed by atoms with Crippen molar-refractivity contribution in [2.75, 3.05) is 0 Å². The second kappa shape index (κ2) is 11.8. The maximum atomic E-state index is 15.6. The molecule has 3 aromatic carbocycles. The zero-order valence-electron chi connectivity index (χ0n) is 19.8. The molecule has 33 heavy (non-hydrogen) atoms. The van der Waals surface area contributed by atoms with Crippen molar-refractivity contribution in [1.82, 2.24) is 0 Å². The predicted octanol–water partition coefficient (Wildman–Crippen LogP) is 9.71. The first-order valence-corrected chi connectivity index (χ1v) is 13.1. The SMILES string of the molecule is CCCCC[C@H]1CC[C@H](c2ccc(C(Cc3ccc(Cl)cc3)c3ccccc3)c(F)c2)CC1. The van der Waals surface area contributed by atoms with Crippen LogP contribution in [0.1, 0.15) is 92.4 Å². The van der Waals surface area contributed by atoms with Crippen LogP contribution in [0.4, 0.5) is 4.39 Å². The van der Waals surface area contributed by atoms with Gasteiger partial charge >= 0.3 is 0 Å². The average molecular weight is 463 g/mol. The van der Waals surface area contributed by atoms with Crippen LogP contribution in [0, 0.1) is 11.7 Å². The minimum Gasteiger partial charge on any atom is -0.207 e. The van der Waals surface area contributed by atoms with Gasteiger partial charge in [-0.1, -0.05) is 98.8 Å². The fourth-order valence-corrected chi connectivity index (χ4v) is 5.62. The van der Waals surface area contributed by atoms with E-state index in [1.807, 2.05) is 54.6 Å². The van der Waals surface area contributed by atoms with Gasteiger partial charge < -0.3 is 0 Å². The molecule has 4 rings (SSSR count). The Hall–Kier alpha value is -2.12. The minimum absolute atomic E-state index is 0.0178. The van der Waals surface area contributed by atoms with E-state index in [2.05, 4.69) is 25.1 Å². The molecule has 0 N–H and O–H groups in total. The monoisotopic (exact) mass is 462 g/mol. The molecular weight excluding hydrogens is 427 g/mol. The van der Waals surface area contributed by atoms with E-state index in [9.17, 15) is 0 Å². The van der Waals surface area contributed by atoms with Crippen molar-refractivity contribution in [2.45, 2.75) is 76.5 Å². The Morgan fingerprint density at radius 3 is 2.27 bits per heavy atom. The normalized spacial score (nSPS) is 19.4. The van der Waals surface area contributed by atoms with Crippen molar-refractivity contribution in [3.8, 4) is 0 Å². The summed E-state index contributed by atoms with van der Waals surface area (Å²) in [7, 11) is 0. The lowest BCUT2D eigenvalue weighted by atomic mass is 9.76. The van der Waals surface area contributed by atoms with E-state index >= 15 is 4.39 Å². The van der Waals surface area contributed by atoms with E-state index in [0.717, 1.165) is 34.1 Å². The molecule has 1 aliphatic carbocycles. The zero-order chi connectivity index (χ0) is 23.0. The molecule has 1 aliphatic rings. The summed E-state index contributed by atoms with van der Waals surface area (Å²) in [5.41, 5.74) is 4.28. The lowest BCUT2D eigenvalue weighted by Crippen LogP contribution is -2.14. The highest BCUT2D eigenvalue weighted by molar-refractivity contribution is 6.30. The first-order chi connectivity index (χ1) is 16.1. The van der Waals surface area contributed by atoms with E-state index < -0.39 is 0 Å². The molecule has 0 aromatic heterocycles. The van der Waals surface area contributed by atoms with E-state index in [1.54, 1.807) is 0 Å². The standard InChI is InChI=1S/C31H36ClF/c1-2-3-5-8-23-11-15-25(16-12-23)27-17-20-29(31(33)22-27)30(26-9-6-4-7-10-26)21-24-13-18-28(32)19-14-24/h4,6-7,9-10,13-14,17-20,22-23,25,30H,2-3,5,8,11-12,15-16,21H2,1H3/t23-,25-,30?. The third-order valence-electron chi connectivity index (χ3n) is 7.49. The summed E-state index contributed by atoms with van der Waals surface area (Å²) >= 11 is 6.08. The molecule has 0 nitrogen and oxygen atoms in total. The van der Waals surface area contributed by atoms with Crippen molar-refractivity contribution >= 4 is 11.6 Å². The van der Waals surface area contributed by atoms with Crippen LogP contribution in [-0.2, 0) is 6.42 Å². The highest BCUT2D eigenvalue weighted by Gasteiger charge is 2.24. The lowest BCUT2D eigenvalue weighted by molar-refractivity contribution is 0.302. The van der Waals surface area contributed by atoms with Gasteiger partial charge in [-0.05, 0) is 84.4 Å². The van der Waals surface area contributed by atoms with Crippen LogP contribution in [0.25, 0.3) is 0 Å². The van der Waals surface area contributed by atoms with Crippen LogP contribution in [0.5, 0.6) is 0 Å². The third-order valence-corrected chi connectivity index (χ3v) is 7.74. The zero-order valence-corrected chi connectivity index (χ0v) is 20.5. The Labute approximate surface area is 204 Å². The van der Waals surface area contributed by atoms with Gasteiger partial charge in [0.05, 0.1) is 0 Å². The smallest absolute Gasteiger partial charge is 0.127 e. The molecular formula is C31H36ClF. The van der Waals surface area contributed by atoms with E-state index in [0.29, 0.717) is 5.92 Å². The quantitative estimate of drug-likeness (QED) is 0.277. The number of hydrogen-bond acceptors (Lipinski definition) is 0. The van der Waals surface area contributed by atoms with E-state index in [1.165, 1.54) is 56.9 Å². The molecule has 0 bridgehead atoms. The first kappa shape index (κ1) is 24.0. The molecule has 0 radical (unpaired) electrons. The lowest BCUT2D eigenvalue weighted by Gasteiger charge is -2.29. The fourth-order valence-electron chi connectivity index (χ4n) is 5.50. The summed E-state index contributed by atoms with van der Waals surface area (Å²) in [6.45, 7) is 2.27. The van der Waals surface area contributed by atoms with Crippen LogP contribution < -0.4 is 0 Å². The molecule has 3 aromatic rings. The molecule has 2 heteroatoms. The van der Waals surface area contributed by atoms with Gasteiger partial charge in [0, 0.05) is 10.9 Å². The Kier molecular flexibility index (Phi) is 8.62. The maximum absolute atomic E-state index is 15.6. The van der Waals surface area contributed by atoms with Crippen molar-refractivity contribution in [3.05, 3.63) is 106 Å². The molecule has 0 saturated heterocycles. The topological polar surface area (TPSA) is 0 Å². The second-order valence-electron chi connectivity index (χ2n) is 9.79. The molecule has 1 saturated carbocycles. The fraction of sp³-hybridized carbons (Fsp3) is 0.419. The average Bonchev–Trinajstić information content (AvgIpc) is 2.85. The highest BCUT2D eigenvalue weighted by Crippen LogP contribution is 2.39. The maximum Gasteiger partial charge on any atom is 0.127 e. The first-order valence-electron chi connectivity index (χ1n) is 12.7. The Balaban J connectivity index is 1.50. The molecule has 174 valence electrons. The van der Waals surface area contributed by atoms with Crippen molar-refractivity contribution in [1.29, 1.82) is 0 Å². The van der Waals surface area contributed by atoms with Gasteiger partial charge in [-0.3, -0.25) is 0 Å². The van der Waals surface area contributed by atoms with Crippen LogP contribution >= 0.6 is 11.6 Å². The summed E-state index contributed by atoms with van der Waals surface area (Å²) in [5, 5.41) is 0.727. The Bertz CT molecular complexity index is 987. The van der Waals surface area contributed by atoms with Gasteiger partial charge in [-0.25, -0.2) is 4.39 Å². The molecule has 0 spiro atoms. The predicted molar refractivity (Wildman–Crippen MR) is 139 cm³/mol. The number of unbranched alkanes of at least 4 members (excludes halogenated alkanes) is 2. The number of rotatable bonds is 9. The van der Waals surface area contributed by atoms with Crippen molar-refractivity contribution in [2.24, 2.45) is 5.92 Å². The van der Waals surface area contributed by atoms with Gasteiger partial charge in [-0.2, -0.15) is 0 Å². The number of halogens is 2. The summed E-state index contributed by atoms with van der Waals surface area (Å²) in [6, 6.07) is 24.3. The molecule has 1 atom stereocenters. The van der Waals surface area contributed by atoms with Gasteiger partial charge in [0.15, 0.2) is 0 Å². The van der Waals surface area contributed by atoms with Crippen molar-refractivity contribution < 1.29 is 4.39 Å². The Morgan fingerprint density at radius 2 is 1.61 bits per heavy atom. The molecule has 0 heterocycles. The second-order valence-corrected chi connectivity index (χ2v) is 10.2. The largest absolute Gasteiger partial charge is 0.207 e. The molecule has 0 aliphatic heterocycles. The summed E-state index contributed by atoms with van der Waals surface area (Å²) in [6.07, 6.45) is 11.1. The van der Waals surface area contributed by atoms with Crippen LogP contribution in [0.15, 0.2) is 72.8 Å². The Morgan fingerprint density at radius 1 is 0.879 bits per heavy atom. The molecule has 0 amide bonds. The summed E-state index contributed by atoms with van der Waals surface area (Å²) in [5.74, 6) is 1.29. The van der Waals surface area contributed by atoms with Gasteiger partial charge in [0.25, 0.3) is 0 Å². The number of benzene rings is 3. The summed E-state index contributed by atoms with van der Waals surface area (Å²) in [4.78, 5) is 0. The number of hydrogen-bond donors (Lipinski definition) is 0. The van der Waals surface area contributed by atoms with Gasteiger partial charge in [0.2, 0.25) is 0 Å². The van der Waals surface area contributed by atoms with Crippen LogP contribution in [0.3, 0.4) is 0 Å². The third kappa shape index (κ3) is 6.48. The minimum atomic E-state index is -0.0691.